The molecule has 132 valence electrons. The Hall–Kier alpha value is -2.47. The zero-order valence-electron chi connectivity index (χ0n) is 14.5. The number of aryl methyl sites for hydroxylation is 2. The van der Waals surface area contributed by atoms with E-state index < -0.39 is 0 Å². The maximum Gasteiger partial charge on any atom is 0.246 e. The Morgan fingerprint density at radius 3 is 2.84 bits per heavy atom. The minimum absolute atomic E-state index is 0.0838. The third kappa shape index (κ3) is 3.64. The number of rotatable bonds is 5. The number of ether oxygens (including phenoxy) is 2. The number of carbonyl (C=O) groups excluding carboxylic acids is 1. The molecular weight excluding hydrogens is 342 g/mol. The van der Waals surface area contributed by atoms with Gasteiger partial charge in [-0.25, -0.2) is 0 Å². The fourth-order valence-corrected chi connectivity index (χ4v) is 2.94. The first-order chi connectivity index (χ1) is 12.0. The highest BCUT2D eigenvalue weighted by Gasteiger charge is 2.16. The summed E-state index contributed by atoms with van der Waals surface area (Å²) in [5, 5.41) is 4.75. The molecule has 2 heterocycles. The Bertz CT molecular complexity index is 829. The number of aromatic nitrogens is 2. The fraction of sp³-hybridized carbons (Fsp3) is 0.333. The monoisotopic (exact) mass is 361 g/mol. The molecule has 3 rings (SSSR count). The summed E-state index contributed by atoms with van der Waals surface area (Å²) in [6, 6.07) is 5.71. The van der Waals surface area contributed by atoms with Gasteiger partial charge >= 0.3 is 0 Å². The smallest absolute Gasteiger partial charge is 0.246 e. The van der Waals surface area contributed by atoms with E-state index in [1.165, 1.54) is 6.08 Å². The average Bonchev–Trinajstić information content (AvgIpc) is 3.15. The van der Waals surface area contributed by atoms with Crippen molar-refractivity contribution in [2.75, 3.05) is 13.3 Å². The van der Waals surface area contributed by atoms with Crippen LogP contribution in [0.25, 0.3) is 6.08 Å². The summed E-state index contributed by atoms with van der Waals surface area (Å²) >= 11 is 6.19. The van der Waals surface area contributed by atoms with Gasteiger partial charge in [0.25, 0.3) is 0 Å². The zero-order chi connectivity index (χ0) is 18.0. The molecule has 2 aromatic rings. The number of benzene rings is 1. The Morgan fingerprint density at radius 2 is 2.16 bits per heavy atom. The predicted molar refractivity (Wildman–Crippen MR) is 95.6 cm³/mol. The molecule has 0 N–H and O–H groups in total. The summed E-state index contributed by atoms with van der Waals surface area (Å²) in [7, 11) is 1.77. The second-order valence-corrected chi connectivity index (χ2v) is 6.14. The standard InChI is InChI=1S/C18H20ClN3O3/c1-4-22(10-13-5-7-15-16(9-13)25-11-24-15)17(23)8-6-14-12(2)20-21(3)18(14)19/h5-9H,4,10-11H2,1-3H3/b8-6+. The van der Waals surface area contributed by atoms with Crippen LogP contribution in [0.4, 0.5) is 0 Å². The van der Waals surface area contributed by atoms with Crippen LogP contribution in [0.3, 0.4) is 0 Å². The first kappa shape index (κ1) is 17.4. The van der Waals surface area contributed by atoms with Crippen LogP contribution in [0, 0.1) is 6.92 Å². The van der Waals surface area contributed by atoms with Crippen molar-refractivity contribution in [3.8, 4) is 11.5 Å². The quantitative estimate of drug-likeness (QED) is 0.767. The van der Waals surface area contributed by atoms with Crippen molar-refractivity contribution in [2.45, 2.75) is 20.4 Å². The van der Waals surface area contributed by atoms with Crippen LogP contribution < -0.4 is 9.47 Å². The highest BCUT2D eigenvalue weighted by atomic mass is 35.5. The van der Waals surface area contributed by atoms with Gasteiger partial charge in [0.1, 0.15) is 5.15 Å². The van der Waals surface area contributed by atoms with E-state index >= 15 is 0 Å². The Morgan fingerprint density at radius 1 is 1.40 bits per heavy atom. The average molecular weight is 362 g/mol. The van der Waals surface area contributed by atoms with Crippen LogP contribution in [-0.2, 0) is 18.4 Å². The summed E-state index contributed by atoms with van der Waals surface area (Å²) in [4.78, 5) is 14.3. The number of carbonyl (C=O) groups is 1. The molecule has 1 aliphatic heterocycles. The summed E-state index contributed by atoms with van der Waals surface area (Å²) in [6.07, 6.45) is 3.25. The van der Waals surface area contributed by atoms with Gasteiger partial charge in [-0.2, -0.15) is 5.10 Å². The summed E-state index contributed by atoms with van der Waals surface area (Å²) in [5.41, 5.74) is 2.54. The molecule has 0 saturated carbocycles. The molecule has 0 aliphatic carbocycles. The number of nitrogens with zero attached hydrogens (tertiary/aromatic N) is 3. The molecule has 1 aromatic heterocycles. The van der Waals surface area contributed by atoms with Crippen molar-refractivity contribution in [3.63, 3.8) is 0 Å². The second kappa shape index (κ2) is 7.19. The van der Waals surface area contributed by atoms with Gasteiger partial charge in [-0.15, -0.1) is 0 Å². The van der Waals surface area contributed by atoms with Crippen LogP contribution in [0.1, 0.15) is 23.7 Å². The SMILES string of the molecule is CCN(Cc1ccc2c(c1)OCO2)C(=O)/C=C/c1c(C)nn(C)c1Cl. The van der Waals surface area contributed by atoms with Crippen molar-refractivity contribution in [1.82, 2.24) is 14.7 Å². The van der Waals surface area contributed by atoms with E-state index in [4.69, 9.17) is 21.1 Å². The van der Waals surface area contributed by atoms with Gasteiger partial charge < -0.3 is 14.4 Å². The maximum atomic E-state index is 12.5. The number of amides is 1. The third-order valence-corrected chi connectivity index (χ3v) is 4.54. The van der Waals surface area contributed by atoms with Crippen molar-refractivity contribution in [3.05, 3.63) is 46.2 Å². The van der Waals surface area contributed by atoms with Gasteiger partial charge in [0, 0.05) is 31.8 Å². The number of fused-ring (bicyclic) bond motifs is 1. The van der Waals surface area contributed by atoms with Crippen molar-refractivity contribution >= 4 is 23.6 Å². The second-order valence-electron chi connectivity index (χ2n) is 5.79. The molecule has 0 atom stereocenters. The van der Waals surface area contributed by atoms with Crippen molar-refractivity contribution < 1.29 is 14.3 Å². The Labute approximate surface area is 151 Å². The zero-order valence-corrected chi connectivity index (χ0v) is 15.2. The van der Waals surface area contributed by atoms with E-state index in [-0.39, 0.29) is 12.7 Å². The van der Waals surface area contributed by atoms with E-state index in [9.17, 15) is 4.79 Å². The molecule has 6 nitrogen and oxygen atoms in total. The summed E-state index contributed by atoms with van der Waals surface area (Å²) in [6.45, 7) is 5.14. The van der Waals surface area contributed by atoms with Crippen LogP contribution in [0.15, 0.2) is 24.3 Å². The van der Waals surface area contributed by atoms with Gasteiger partial charge in [-0.3, -0.25) is 9.48 Å². The summed E-state index contributed by atoms with van der Waals surface area (Å²) in [5.74, 6) is 1.37. The molecule has 0 bridgehead atoms. The topological polar surface area (TPSA) is 56.6 Å². The molecular formula is C18H20ClN3O3. The van der Waals surface area contributed by atoms with E-state index in [0.717, 1.165) is 22.6 Å². The van der Waals surface area contributed by atoms with E-state index in [2.05, 4.69) is 5.10 Å². The fourth-order valence-electron chi connectivity index (χ4n) is 2.70. The molecule has 1 amide bonds. The molecule has 1 aliphatic rings. The van der Waals surface area contributed by atoms with E-state index in [1.807, 2.05) is 32.0 Å². The highest BCUT2D eigenvalue weighted by Crippen LogP contribution is 2.32. The normalized spacial score (nSPS) is 12.8. The lowest BCUT2D eigenvalue weighted by Crippen LogP contribution is -2.28. The first-order valence-electron chi connectivity index (χ1n) is 8.04. The highest BCUT2D eigenvalue weighted by molar-refractivity contribution is 6.31. The summed E-state index contributed by atoms with van der Waals surface area (Å²) < 4.78 is 12.3. The minimum atomic E-state index is -0.0838. The third-order valence-electron chi connectivity index (χ3n) is 4.09. The van der Waals surface area contributed by atoms with Gasteiger partial charge in [0.05, 0.1) is 5.69 Å². The van der Waals surface area contributed by atoms with Gasteiger partial charge in [0.15, 0.2) is 11.5 Å². The molecule has 0 radical (unpaired) electrons. The molecule has 25 heavy (non-hydrogen) atoms. The van der Waals surface area contributed by atoms with Gasteiger partial charge in [0.2, 0.25) is 12.7 Å². The predicted octanol–water partition coefficient (Wildman–Crippen LogP) is 3.17. The molecule has 7 heteroatoms. The lowest BCUT2D eigenvalue weighted by molar-refractivity contribution is -0.126. The van der Waals surface area contributed by atoms with Crippen molar-refractivity contribution in [2.24, 2.45) is 7.05 Å². The largest absolute Gasteiger partial charge is 0.454 e. The van der Waals surface area contributed by atoms with Crippen LogP contribution in [-0.4, -0.2) is 33.9 Å². The van der Waals surface area contributed by atoms with Crippen LogP contribution >= 0.6 is 11.6 Å². The minimum Gasteiger partial charge on any atom is -0.454 e. The molecule has 1 aromatic carbocycles. The lowest BCUT2D eigenvalue weighted by Gasteiger charge is -2.19. The van der Waals surface area contributed by atoms with E-state index in [0.29, 0.717) is 24.0 Å². The number of likely N-dealkylation sites (N-methyl/N-ethyl adjacent to an activating group) is 1. The Balaban J connectivity index is 1.72. The number of halogens is 1. The molecule has 0 saturated heterocycles. The molecule has 0 fully saturated rings. The van der Waals surface area contributed by atoms with Crippen LogP contribution in [0.2, 0.25) is 5.15 Å². The Kier molecular flexibility index (Phi) is 4.99. The molecule has 0 unspecified atom stereocenters. The molecule has 0 spiro atoms. The maximum absolute atomic E-state index is 12.5. The van der Waals surface area contributed by atoms with Crippen molar-refractivity contribution in [1.29, 1.82) is 0 Å². The number of hydrogen-bond acceptors (Lipinski definition) is 4. The number of hydrogen-bond donors (Lipinski definition) is 0. The first-order valence-corrected chi connectivity index (χ1v) is 8.42. The van der Waals surface area contributed by atoms with E-state index in [1.54, 1.807) is 22.7 Å². The van der Waals surface area contributed by atoms with Gasteiger partial charge in [-0.1, -0.05) is 17.7 Å². The van der Waals surface area contributed by atoms with Crippen LogP contribution in [0.5, 0.6) is 11.5 Å². The lowest BCUT2D eigenvalue weighted by atomic mass is 10.2. The van der Waals surface area contributed by atoms with Gasteiger partial charge in [-0.05, 0) is 37.6 Å².